The highest BCUT2D eigenvalue weighted by atomic mass is 16.5. The van der Waals surface area contributed by atoms with E-state index < -0.39 is 18.1 Å². The fraction of sp³-hybridized carbons (Fsp3) is 0.500. The number of aliphatic hydroxyl groups is 1. The molecule has 12 heavy (non-hydrogen) atoms. The lowest BCUT2D eigenvalue weighted by molar-refractivity contribution is -0.134. The van der Waals surface area contributed by atoms with Crippen molar-refractivity contribution >= 4 is 5.91 Å². The molecule has 1 radical (unpaired) electrons. The first-order valence-electron chi connectivity index (χ1n) is 3.79. The Morgan fingerprint density at radius 2 is 2.33 bits per heavy atom. The Morgan fingerprint density at radius 3 is 3.00 bits per heavy atom. The second kappa shape index (κ2) is 4.23. The third-order valence-corrected chi connectivity index (χ3v) is 1.64. The first-order chi connectivity index (χ1) is 5.72. The van der Waals surface area contributed by atoms with Crippen molar-refractivity contribution in [1.29, 1.82) is 0 Å². The zero-order valence-corrected chi connectivity index (χ0v) is 6.64. The van der Waals surface area contributed by atoms with Crippen LogP contribution in [0.15, 0.2) is 12.2 Å². The van der Waals surface area contributed by atoms with E-state index in [-0.39, 0.29) is 0 Å². The molecule has 0 saturated heterocycles. The molecule has 4 nitrogen and oxygen atoms in total. The molecule has 0 aromatic rings. The minimum atomic E-state index is -0.907. The summed E-state index contributed by atoms with van der Waals surface area (Å²) in [4.78, 5) is 10.7. The van der Waals surface area contributed by atoms with Gasteiger partial charge in [0.05, 0.1) is 12.7 Å². The van der Waals surface area contributed by atoms with Gasteiger partial charge >= 0.3 is 0 Å². The van der Waals surface area contributed by atoms with Gasteiger partial charge in [-0.3, -0.25) is 4.79 Å². The number of hydrogen-bond donors (Lipinski definition) is 2. The minimum absolute atomic E-state index is 0.318. The van der Waals surface area contributed by atoms with Gasteiger partial charge in [-0.05, 0) is 12.8 Å². The average Bonchev–Trinajstić information content (AvgIpc) is 1.96. The number of primary amides is 1. The van der Waals surface area contributed by atoms with Crippen LogP contribution >= 0.6 is 0 Å². The second-order valence-electron chi connectivity index (χ2n) is 2.59. The van der Waals surface area contributed by atoms with Crippen LogP contribution in [0.1, 0.15) is 6.42 Å². The molecule has 2 atom stereocenters. The number of nitrogens with two attached hydrogens (primary N) is 1. The van der Waals surface area contributed by atoms with E-state index in [1.807, 2.05) is 6.08 Å². The highest BCUT2D eigenvalue weighted by Gasteiger charge is 2.25. The monoisotopic (exact) mass is 170 g/mol. The Labute approximate surface area is 71.0 Å². The number of carbonyl (C=O) groups is 1. The Bertz CT molecular complexity index is 191. The Hall–Kier alpha value is -0.870. The summed E-state index contributed by atoms with van der Waals surface area (Å²) in [5.74, 6) is -0.631. The molecule has 3 N–H and O–H groups in total. The van der Waals surface area contributed by atoms with Gasteiger partial charge in [-0.25, -0.2) is 0 Å². The largest absolute Gasteiger partial charge is 0.390 e. The van der Waals surface area contributed by atoms with Gasteiger partial charge in [0, 0.05) is 0 Å². The van der Waals surface area contributed by atoms with E-state index in [0.717, 1.165) is 0 Å². The van der Waals surface area contributed by atoms with Crippen molar-refractivity contribution in [2.75, 3.05) is 6.61 Å². The maximum absolute atomic E-state index is 10.7. The number of aliphatic hydroxyl groups excluding tert-OH is 1. The lowest BCUT2D eigenvalue weighted by Gasteiger charge is -2.20. The minimum Gasteiger partial charge on any atom is -0.390 e. The van der Waals surface area contributed by atoms with Crippen LogP contribution in [0.25, 0.3) is 0 Å². The topological polar surface area (TPSA) is 72.6 Å². The number of hydrogen-bond acceptors (Lipinski definition) is 3. The molecular weight excluding hydrogens is 158 g/mol. The maximum Gasteiger partial charge on any atom is 0.249 e. The summed E-state index contributed by atoms with van der Waals surface area (Å²) in [5, 5.41) is 9.33. The van der Waals surface area contributed by atoms with Crippen LogP contribution in [-0.2, 0) is 9.53 Å². The smallest absolute Gasteiger partial charge is 0.249 e. The zero-order valence-electron chi connectivity index (χ0n) is 6.64. The molecule has 0 aromatic heterocycles. The van der Waals surface area contributed by atoms with E-state index in [2.05, 4.69) is 0 Å². The summed E-state index contributed by atoms with van der Waals surface area (Å²) < 4.78 is 5.01. The molecule has 1 aliphatic rings. The van der Waals surface area contributed by atoms with E-state index in [1.165, 1.54) is 0 Å². The van der Waals surface area contributed by atoms with Crippen molar-refractivity contribution < 1.29 is 14.6 Å². The number of amides is 1. The molecule has 0 fully saturated rings. The number of rotatable bonds is 1. The molecule has 0 bridgehead atoms. The standard InChI is InChI=1S/C8H12NO3/c9-8(11)7-6(10)4-2-1-3-5-12-7/h1,3-4,6-7,10H,2,5H2,(H2,9,11)/b3-1-/t6-,7?/m0/s1. The molecule has 1 rings (SSSR count). The van der Waals surface area contributed by atoms with Gasteiger partial charge in [0.15, 0.2) is 6.10 Å². The van der Waals surface area contributed by atoms with Gasteiger partial charge in [-0.2, -0.15) is 0 Å². The molecule has 1 unspecified atom stereocenters. The van der Waals surface area contributed by atoms with Crippen molar-refractivity contribution in [2.24, 2.45) is 5.73 Å². The quantitative estimate of drug-likeness (QED) is 0.515. The number of carbonyl (C=O) groups excluding carboxylic acids is 1. The Balaban J connectivity index is 2.58. The predicted molar refractivity (Wildman–Crippen MR) is 43.0 cm³/mol. The normalized spacial score (nSPS) is 33.4. The highest BCUT2D eigenvalue weighted by molar-refractivity contribution is 5.79. The fourth-order valence-electron chi connectivity index (χ4n) is 1.01. The lowest BCUT2D eigenvalue weighted by atomic mass is 10.1. The molecule has 1 heterocycles. The molecule has 0 saturated carbocycles. The molecule has 1 amide bonds. The molecule has 0 aliphatic carbocycles. The zero-order chi connectivity index (χ0) is 8.97. The van der Waals surface area contributed by atoms with Crippen LogP contribution < -0.4 is 5.73 Å². The first-order valence-corrected chi connectivity index (χ1v) is 3.79. The summed E-state index contributed by atoms with van der Waals surface area (Å²) in [6.07, 6.45) is 4.07. The number of ether oxygens (including phenoxy) is 1. The lowest BCUT2D eigenvalue weighted by Crippen LogP contribution is -2.41. The number of allylic oxidation sites excluding steroid dienone is 1. The molecule has 1 aliphatic heterocycles. The van der Waals surface area contributed by atoms with E-state index in [4.69, 9.17) is 10.5 Å². The van der Waals surface area contributed by atoms with Crippen molar-refractivity contribution in [1.82, 2.24) is 0 Å². The third-order valence-electron chi connectivity index (χ3n) is 1.64. The van der Waals surface area contributed by atoms with Crippen LogP contribution in [0.5, 0.6) is 0 Å². The molecule has 4 heteroatoms. The van der Waals surface area contributed by atoms with Gasteiger partial charge in [-0.1, -0.05) is 12.2 Å². The van der Waals surface area contributed by atoms with Crippen LogP contribution in [-0.4, -0.2) is 29.8 Å². The summed E-state index contributed by atoms with van der Waals surface area (Å²) >= 11 is 0. The first kappa shape index (κ1) is 9.22. The van der Waals surface area contributed by atoms with E-state index in [0.29, 0.717) is 13.0 Å². The molecule has 0 aromatic carbocycles. The van der Waals surface area contributed by atoms with Crippen LogP contribution in [0.3, 0.4) is 0 Å². The highest BCUT2D eigenvalue weighted by Crippen LogP contribution is 2.08. The van der Waals surface area contributed by atoms with Gasteiger partial charge in [0.2, 0.25) is 5.91 Å². The van der Waals surface area contributed by atoms with E-state index in [9.17, 15) is 9.90 Å². The second-order valence-corrected chi connectivity index (χ2v) is 2.59. The molecule has 67 valence electrons. The summed E-state index contributed by atoms with van der Waals surface area (Å²) in [6, 6.07) is 0. The average molecular weight is 170 g/mol. The third kappa shape index (κ3) is 2.32. The Kier molecular flexibility index (Phi) is 3.25. The van der Waals surface area contributed by atoms with Gasteiger partial charge in [-0.15, -0.1) is 0 Å². The summed E-state index contributed by atoms with van der Waals surface area (Å²) in [6.45, 7) is 0.318. The predicted octanol–water partition coefficient (Wildman–Crippen LogP) is -0.618. The van der Waals surface area contributed by atoms with E-state index >= 15 is 0 Å². The van der Waals surface area contributed by atoms with Crippen LogP contribution in [0, 0.1) is 6.42 Å². The molecular formula is C8H12NO3. The van der Waals surface area contributed by atoms with Gasteiger partial charge in [0.1, 0.15) is 0 Å². The molecule has 0 spiro atoms. The maximum atomic E-state index is 10.7. The summed E-state index contributed by atoms with van der Waals surface area (Å²) in [5.41, 5.74) is 5.01. The van der Waals surface area contributed by atoms with Crippen LogP contribution in [0.4, 0.5) is 0 Å². The van der Waals surface area contributed by atoms with Crippen molar-refractivity contribution in [3.05, 3.63) is 18.6 Å². The SMILES string of the molecule is NC(=O)C1OC/C=C\C[CH][C@@H]1O. The van der Waals surface area contributed by atoms with E-state index in [1.54, 1.807) is 12.5 Å². The van der Waals surface area contributed by atoms with Crippen LogP contribution in [0.2, 0.25) is 0 Å². The Morgan fingerprint density at radius 1 is 1.58 bits per heavy atom. The van der Waals surface area contributed by atoms with Gasteiger partial charge in [0.25, 0.3) is 0 Å². The summed E-state index contributed by atoms with van der Waals surface area (Å²) in [7, 11) is 0. The van der Waals surface area contributed by atoms with Crippen molar-refractivity contribution in [3.63, 3.8) is 0 Å². The van der Waals surface area contributed by atoms with Crippen molar-refractivity contribution in [2.45, 2.75) is 18.6 Å². The van der Waals surface area contributed by atoms with Crippen molar-refractivity contribution in [3.8, 4) is 0 Å². The van der Waals surface area contributed by atoms with Gasteiger partial charge < -0.3 is 15.6 Å². The fourth-order valence-corrected chi connectivity index (χ4v) is 1.01.